The Morgan fingerprint density at radius 1 is 1.19 bits per heavy atom. The molecule has 2 aromatic rings. The highest BCUT2D eigenvalue weighted by molar-refractivity contribution is 5.74. The van der Waals surface area contributed by atoms with E-state index in [1.807, 2.05) is 21.2 Å². The van der Waals surface area contributed by atoms with Gasteiger partial charge in [0.25, 0.3) is 0 Å². The first-order valence-electron chi connectivity index (χ1n) is 9.58. The summed E-state index contributed by atoms with van der Waals surface area (Å²) in [6, 6.07) is 0.320. The van der Waals surface area contributed by atoms with E-state index < -0.39 is 0 Å². The van der Waals surface area contributed by atoms with Crippen molar-refractivity contribution >= 4 is 6.03 Å². The van der Waals surface area contributed by atoms with Gasteiger partial charge in [-0.2, -0.15) is 10.2 Å². The van der Waals surface area contributed by atoms with Crippen LogP contribution in [0.25, 0.3) is 0 Å². The summed E-state index contributed by atoms with van der Waals surface area (Å²) in [6.45, 7) is 13.8. The van der Waals surface area contributed by atoms with Crippen LogP contribution in [-0.4, -0.2) is 73.1 Å². The zero-order valence-corrected chi connectivity index (χ0v) is 16.7. The Balaban J connectivity index is 1.44. The van der Waals surface area contributed by atoms with E-state index in [0.717, 1.165) is 56.2 Å². The molecule has 0 aromatic carbocycles. The molecule has 0 bridgehead atoms. The molecule has 3 heterocycles. The van der Waals surface area contributed by atoms with Gasteiger partial charge in [-0.25, -0.2) is 9.78 Å². The number of hydrogen-bond acceptors (Lipinski definition) is 5. The van der Waals surface area contributed by atoms with Crippen LogP contribution in [0.3, 0.4) is 0 Å². The number of carbonyl (C=O) groups excluding carboxylic acids is 1. The smallest absolute Gasteiger partial charge is 0.317 e. The number of aromatic nitrogens is 5. The molecule has 1 N–H and O–H groups in total. The van der Waals surface area contributed by atoms with Crippen molar-refractivity contribution in [3.05, 3.63) is 29.6 Å². The van der Waals surface area contributed by atoms with Crippen molar-refractivity contribution in [2.75, 3.05) is 32.7 Å². The van der Waals surface area contributed by atoms with Crippen LogP contribution in [0, 0.1) is 13.8 Å². The fourth-order valence-electron chi connectivity index (χ4n) is 3.50. The lowest BCUT2D eigenvalue weighted by atomic mass is 10.2. The predicted molar refractivity (Wildman–Crippen MR) is 102 cm³/mol. The molecule has 148 valence electrons. The average molecular weight is 374 g/mol. The molecule has 0 unspecified atom stereocenters. The van der Waals surface area contributed by atoms with E-state index in [-0.39, 0.29) is 6.03 Å². The zero-order chi connectivity index (χ0) is 19.4. The first-order chi connectivity index (χ1) is 13.0. The minimum atomic E-state index is 0.00187. The van der Waals surface area contributed by atoms with Gasteiger partial charge in [-0.1, -0.05) is 0 Å². The van der Waals surface area contributed by atoms with Gasteiger partial charge < -0.3 is 10.2 Å². The maximum absolute atomic E-state index is 12.5. The summed E-state index contributed by atoms with van der Waals surface area (Å²) < 4.78 is 3.85. The lowest BCUT2D eigenvalue weighted by Gasteiger charge is -2.34. The van der Waals surface area contributed by atoms with E-state index in [9.17, 15) is 4.79 Å². The SMILES string of the molecule is Cc1nn(C(C)C)c(C)c1CNC(=O)N1CCN(CCn2cncn2)CC1. The number of nitrogens with one attached hydrogen (secondary N) is 1. The van der Waals surface area contributed by atoms with Gasteiger partial charge >= 0.3 is 6.03 Å². The van der Waals surface area contributed by atoms with E-state index in [2.05, 4.69) is 46.2 Å². The second-order valence-electron chi connectivity index (χ2n) is 7.33. The fourth-order valence-corrected chi connectivity index (χ4v) is 3.50. The molecule has 0 spiro atoms. The van der Waals surface area contributed by atoms with E-state index >= 15 is 0 Å². The van der Waals surface area contributed by atoms with Gasteiger partial charge in [0.2, 0.25) is 0 Å². The van der Waals surface area contributed by atoms with Crippen LogP contribution in [0.15, 0.2) is 12.7 Å². The van der Waals surface area contributed by atoms with Crippen molar-refractivity contribution in [2.45, 2.75) is 46.8 Å². The first kappa shape index (κ1) is 19.3. The van der Waals surface area contributed by atoms with Crippen molar-refractivity contribution in [3.8, 4) is 0 Å². The van der Waals surface area contributed by atoms with Gasteiger partial charge in [0.15, 0.2) is 0 Å². The second kappa shape index (κ2) is 8.51. The number of aryl methyl sites for hydroxylation is 1. The highest BCUT2D eigenvalue weighted by Crippen LogP contribution is 2.17. The van der Waals surface area contributed by atoms with Crippen LogP contribution in [0.4, 0.5) is 4.79 Å². The number of amides is 2. The molecule has 1 fully saturated rings. The van der Waals surface area contributed by atoms with Crippen LogP contribution in [0.1, 0.15) is 36.8 Å². The number of rotatable bonds is 6. The molecule has 9 heteroatoms. The highest BCUT2D eigenvalue weighted by Gasteiger charge is 2.21. The summed E-state index contributed by atoms with van der Waals surface area (Å²) >= 11 is 0. The Bertz CT molecular complexity index is 744. The Morgan fingerprint density at radius 3 is 2.52 bits per heavy atom. The zero-order valence-electron chi connectivity index (χ0n) is 16.7. The minimum Gasteiger partial charge on any atom is -0.334 e. The molecule has 27 heavy (non-hydrogen) atoms. The first-order valence-corrected chi connectivity index (χ1v) is 9.58. The number of nitrogens with zero attached hydrogens (tertiary/aromatic N) is 7. The maximum Gasteiger partial charge on any atom is 0.317 e. The average Bonchev–Trinajstić information content (AvgIpc) is 3.27. The van der Waals surface area contributed by atoms with Gasteiger partial charge in [0.05, 0.1) is 12.2 Å². The van der Waals surface area contributed by atoms with Crippen LogP contribution in [-0.2, 0) is 13.1 Å². The van der Waals surface area contributed by atoms with Gasteiger partial charge in [0, 0.05) is 56.6 Å². The van der Waals surface area contributed by atoms with Crippen molar-refractivity contribution in [1.82, 2.24) is 39.7 Å². The molecule has 0 saturated carbocycles. The molecule has 0 aliphatic carbocycles. The minimum absolute atomic E-state index is 0.00187. The molecular weight excluding hydrogens is 344 g/mol. The normalized spacial score (nSPS) is 15.5. The van der Waals surface area contributed by atoms with Crippen molar-refractivity contribution < 1.29 is 4.79 Å². The second-order valence-corrected chi connectivity index (χ2v) is 7.33. The Morgan fingerprint density at radius 2 is 1.93 bits per heavy atom. The van der Waals surface area contributed by atoms with E-state index in [4.69, 9.17) is 0 Å². The molecule has 0 atom stereocenters. The lowest BCUT2D eigenvalue weighted by molar-refractivity contribution is 0.135. The summed E-state index contributed by atoms with van der Waals surface area (Å²) in [6.07, 6.45) is 3.28. The van der Waals surface area contributed by atoms with E-state index in [0.29, 0.717) is 12.6 Å². The molecule has 3 rings (SSSR count). The third-order valence-corrected chi connectivity index (χ3v) is 5.15. The Hall–Kier alpha value is -2.42. The van der Waals surface area contributed by atoms with E-state index in [1.54, 1.807) is 12.7 Å². The number of urea groups is 1. The molecule has 1 aliphatic heterocycles. The van der Waals surface area contributed by atoms with Gasteiger partial charge in [-0.3, -0.25) is 14.3 Å². The maximum atomic E-state index is 12.5. The molecule has 9 nitrogen and oxygen atoms in total. The summed E-state index contributed by atoms with van der Waals surface area (Å²) in [4.78, 5) is 20.7. The monoisotopic (exact) mass is 374 g/mol. The standard InChI is InChI=1S/C18H30N8O/c1-14(2)26-16(4)17(15(3)22-26)11-20-18(27)24-8-5-23(6-9-24)7-10-25-13-19-12-21-25/h12-14H,5-11H2,1-4H3,(H,20,27). The summed E-state index contributed by atoms with van der Waals surface area (Å²) in [5.41, 5.74) is 3.23. The van der Waals surface area contributed by atoms with Gasteiger partial charge in [0.1, 0.15) is 12.7 Å². The molecular formula is C18H30N8O. The highest BCUT2D eigenvalue weighted by atomic mass is 16.2. The lowest BCUT2D eigenvalue weighted by Crippen LogP contribution is -2.52. The van der Waals surface area contributed by atoms with Crippen LogP contribution in [0.2, 0.25) is 0 Å². The Kier molecular flexibility index (Phi) is 6.10. The third-order valence-electron chi connectivity index (χ3n) is 5.15. The Labute approximate surface area is 160 Å². The molecule has 1 saturated heterocycles. The number of piperazine rings is 1. The largest absolute Gasteiger partial charge is 0.334 e. The fraction of sp³-hybridized carbons (Fsp3) is 0.667. The van der Waals surface area contributed by atoms with Crippen molar-refractivity contribution in [3.63, 3.8) is 0 Å². The molecule has 0 radical (unpaired) electrons. The molecule has 2 amide bonds. The van der Waals surface area contributed by atoms with Crippen molar-refractivity contribution in [1.29, 1.82) is 0 Å². The van der Waals surface area contributed by atoms with Crippen LogP contribution < -0.4 is 5.32 Å². The van der Waals surface area contributed by atoms with Gasteiger partial charge in [-0.15, -0.1) is 0 Å². The summed E-state index contributed by atoms with van der Waals surface area (Å²) in [5, 5.41) is 11.8. The topological polar surface area (TPSA) is 84.1 Å². The third kappa shape index (κ3) is 4.65. The van der Waals surface area contributed by atoms with E-state index in [1.165, 1.54) is 0 Å². The molecule has 2 aromatic heterocycles. The number of carbonyl (C=O) groups is 1. The van der Waals surface area contributed by atoms with Crippen molar-refractivity contribution in [2.24, 2.45) is 0 Å². The summed E-state index contributed by atoms with van der Waals surface area (Å²) in [5.74, 6) is 0. The summed E-state index contributed by atoms with van der Waals surface area (Å²) in [7, 11) is 0. The van der Waals surface area contributed by atoms with Gasteiger partial charge in [-0.05, 0) is 27.7 Å². The quantitative estimate of drug-likeness (QED) is 0.821. The van der Waals surface area contributed by atoms with Crippen LogP contribution >= 0.6 is 0 Å². The predicted octanol–water partition coefficient (Wildman–Crippen LogP) is 1.20. The molecule has 1 aliphatic rings. The number of hydrogen-bond donors (Lipinski definition) is 1. The van der Waals surface area contributed by atoms with Crippen LogP contribution in [0.5, 0.6) is 0 Å².